The van der Waals surface area contributed by atoms with Crippen LogP contribution in [-0.4, -0.2) is 49.3 Å². The first-order chi connectivity index (χ1) is 13.7. The molecule has 4 atom stereocenters. The molecule has 2 N–H and O–H groups in total. The maximum absolute atomic E-state index is 5.48. The summed E-state index contributed by atoms with van der Waals surface area (Å²) in [6, 6.07) is 21.4. The highest BCUT2D eigenvalue weighted by molar-refractivity contribution is 7.80. The number of nitrogens with one attached hydrogen (secondary N) is 2. The number of hydrogen-bond donors (Lipinski definition) is 2. The summed E-state index contributed by atoms with van der Waals surface area (Å²) in [5, 5.41) is 7.43. The van der Waals surface area contributed by atoms with Crippen molar-refractivity contribution in [2.24, 2.45) is 11.8 Å². The third-order valence-corrected chi connectivity index (χ3v) is 6.50. The number of hydrogen-bond acceptors (Lipinski definition) is 3. The smallest absolute Gasteiger partial charge is 0.170 e. The molecule has 3 aliphatic rings. The largest absolute Gasteiger partial charge is 0.374 e. The molecule has 1 unspecified atom stereocenters. The second kappa shape index (κ2) is 8.93. The number of benzene rings is 2. The Hall–Kier alpha value is -2.11. The first-order valence-corrected chi connectivity index (χ1v) is 10.7. The summed E-state index contributed by atoms with van der Waals surface area (Å²) in [7, 11) is 2.22. The van der Waals surface area contributed by atoms with Gasteiger partial charge in [0.1, 0.15) is 0 Å². The fraction of sp³-hybridized carbons (Fsp3) is 0.435. The Labute approximate surface area is 173 Å². The van der Waals surface area contributed by atoms with E-state index in [4.69, 9.17) is 12.2 Å². The van der Waals surface area contributed by atoms with Gasteiger partial charge < -0.3 is 15.5 Å². The summed E-state index contributed by atoms with van der Waals surface area (Å²) in [6.07, 6.45) is 2.60. The van der Waals surface area contributed by atoms with E-state index in [2.05, 4.69) is 57.8 Å². The van der Waals surface area contributed by atoms with Crippen molar-refractivity contribution in [1.82, 2.24) is 10.2 Å². The Balaban J connectivity index is 1.26. The van der Waals surface area contributed by atoms with Crippen LogP contribution in [0.1, 0.15) is 12.8 Å². The van der Waals surface area contributed by atoms with E-state index in [1.165, 1.54) is 31.6 Å². The minimum Gasteiger partial charge on any atom is -0.374 e. The lowest BCUT2D eigenvalue weighted by Crippen LogP contribution is -2.58. The van der Waals surface area contributed by atoms with E-state index in [0.29, 0.717) is 11.2 Å². The zero-order valence-electron chi connectivity index (χ0n) is 16.6. The Morgan fingerprint density at radius 3 is 2.50 bits per heavy atom. The lowest BCUT2D eigenvalue weighted by Gasteiger charge is -2.51. The van der Waals surface area contributed by atoms with Gasteiger partial charge in [0.2, 0.25) is 0 Å². The highest BCUT2D eigenvalue weighted by atomic mass is 32.1. The van der Waals surface area contributed by atoms with Crippen LogP contribution in [0.15, 0.2) is 60.7 Å². The average Bonchev–Trinajstić information content (AvgIpc) is 2.74. The van der Waals surface area contributed by atoms with E-state index in [0.717, 1.165) is 30.6 Å². The maximum atomic E-state index is 5.48. The molecule has 5 rings (SSSR count). The molecule has 0 saturated carbocycles. The normalized spacial score (nSPS) is 25.9. The molecule has 0 aromatic heterocycles. The van der Waals surface area contributed by atoms with Gasteiger partial charge in [-0.3, -0.25) is 4.90 Å². The number of nitrogens with zero attached hydrogens (tertiary/aromatic N) is 2. The molecule has 3 aliphatic heterocycles. The standard InChI is InChI=1S/C23H30N4S/c1-26(21-10-6-3-7-11-21)16-19-17-27-13-12-18(19)14-22(27)15-24-23(28)25-20-8-4-2-5-9-20/h2-11,18-19,22H,12-17H2,1H3,(H2,24,25,28)/t18-,19+,22+/m0/s1. The SMILES string of the molecule is CN(C[C@@H]1CN2CC[C@H]1C[C@@H]2CNC(=S)Nc1ccccc1)c1ccccc1. The second-order valence-corrected chi connectivity index (χ2v) is 8.52. The Morgan fingerprint density at radius 1 is 1.11 bits per heavy atom. The Bertz CT molecular complexity index is 767. The minimum atomic E-state index is 0.590. The van der Waals surface area contributed by atoms with Crippen LogP contribution in [0.2, 0.25) is 0 Å². The summed E-state index contributed by atoms with van der Waals surface area (Å²) in [4.78, 5) is 5.08. The molecule has 0 amide bonds. The average molecular weight is 395 g/mol. The molecule has 4 nitrogen and oxygen atoms in total. The van der Waals surface area contributed by atoms with Crippen molar-refractivity contribution in [3.8, 4) is 0 Å². The number of para-hydroxylation sites is 2. The van der Waals surface area contributed by atoms with Crippen LogP contribution in [0.5, 0.6) is 0 Å². The molecule has 5 heteroatoms. The third-order valence-electron chi connectivity index (χ3n) is 6.25. The van der Waals surface area contributed by atoms with Crippen LogP contribution in [0.25, 0.3) is 0 Å². The monoisotopic (exact) mass is 394 g/mol. The van der Waals surface area contributed by atoms with Crippen molar-refractivity contribution < 1.29 is 0 Å². The van der Waals surface area contributed by atoms with E-state index < -0.39 is 0 Å². The molecular formula is C23H30N4S. The zero-order valence-corrected chi connectivity index (χ0v) is 17.4. The zero-order chi connectivity index (χ0) is 19.3. The number of fused-ring (bicyclic) bond motifs is 3. The number of anilines is 2. The topological polar surface area (TPSA) is 30.5 Å². The van der Waals surface area contributed by atoms with E-state index >= 15 is 0 Å². The van der Waals surface area contributed by atoms with Gasteiger partial charge >= 0.3 is 0 Å². The third kappa shape index (κ3) is 4.65. The van der Waals surface area contributed by atoms with Crippen molar-refractivity contribution >= 4 is 28.7 Å². The van der Waals surface area contributed by atoms with Gasteiger partial charge in [0.15, 0.2) is 5.11 Å². The molecule has 28 heavy (non-hydrogen) atoms. The van der Waals surface area contributed by atoms with Gasteiger partial charge in [0.05, 0.1) is 0 Å². The van der Waals surface area contributed by atoms with Gasteiger partial charge in [-0.25, -0.2) is 0 Å². The van der Waals surface area contributed by atoms with Crippen LogP contribution >= 0.6 is 12.2 Å². The molecule has 3 fully saturated rings. The van der Waals surface area contributed by atoms with Crippen LogP contribution in [0, 0.1) is 11.8 Å². The first kappa shape index (κ1) is 19.2. The van der Waals surface area contributed by atoms with Gasteiger partial charge in [-0.05, 0) is 67.7 Å². The molecule has 148 valence electrons. The van der Waals surface area contributed by atoms with Crippen LogP contribution < -0.4 is 15.5 Å². The molecule has 3 saturated heterocycles. The van der Waals surface area contributed by atoms with Gasteiger partial charge in [-0.2, -0.15) is 0 Å². The molecule has 0 spiro atoms. The molecular weight excluding hydrogens is 364 g/mol. The van der Waals surface area contributed by atoms with Gasteiger partial charge in [-0.1, -0.05) is 36.4 Å². The summed E-state index contributed by atoms with van der Waals surface area (Å²) < 4.78 is 0. The van der Waals surface area contributed by atoms with Crippen LogP contribution in [0.3, 0.4) is 0 Å². The molecule has 3 heterocycles. The summed E-state index contributed by atoms with van der Waals surface area (Å²) in [5.74, 6) is 1.57. The van der Waals surface area contributed by atoms with Gasteiger partial charge in [0, 0.05) is 44.1 Å². The highest BCUT2D eigenvalue weighted by Crippen LogP contribution is 2.36. The summed E-state index contributed by atoms with van der Waals surface area (Å²) >= 11 is 5.48. The number of piperidine rings is 3. The first-order valence-electron chi connectivity index (χ1n) is 10.3. The van der Waals surface area contributed by atoms with Gasteiger partial charge in [-0.15, -0.1) is 0 Å². The molecule has 2 aromatic carbocycles. The summed E-state index contributed by atoms with van der Waals surface area (Å²) in [5.41, 5.74) is 2.35. The van der Waals surface area contributed by atoms with E-state index in [-0.39, 0.29) is 0 Å². The highest BCUT2D eigenvalue weighted by Gasteiger charge is 2.40. The quantitative estimate of drug-likeness (QED) is 0.728. The minimum absolute atomic E-state index is 0.590. The van der Waals surface area contributed by atoms with E-state index in [9.17, 15) is 0 Å². The number of rotatable bonds is 6. The molecule has 0 aliphatic carbocycles. The van der Waals surface area contributed by atoms with Crippen molar-refractivity contribution in [1.29, 1.82) is 0 Å². The molecule has 2 bridgehead atoms. The Kier molecular flexibility index (Phi) is 6.13. The molecule has 2 aromatic rings. The number of thiocarbonyl (C=S) groups is 1. The maximum Gasteiger partial charge on any atom is 0.170 e. The van der Waals surface area contributed by atoms with Crippen LogP contribution in [-0.2, 0) is 0 Å². The van der Waals surface area contributed by atoms with Crippen molar-refractivity contribution in [2.45, 2.75) is 18.9 Å². The van der Waals surface area contributed by atoms with Crippen LogP contribution in [0.4, 0.5) is 11.4 Å². The lowest BCUT2D eigenvalue weighted by atomic mass is 9.75. The van der Waals surface area contributed by atoms with Gasteiger partial charge in [0.25, 0.3) is 0 Å². The lowest BCUT2D eigenvalue weighted by molar-refractivity contribution is 0.00667. The van der Waals surface area contributed by atoms with Crippen molar-refractivity contribution in [3.05, 3.63) is 60.7 Å². The van der Waals surface area contributed by atoms with Crippen molar-refractivity contribution in [3.63, 3.8) is 0 Å². The predicted molar refractivity (Wildman–Crippen MR) is 122 cm³/mol. The molecule has 0 radical (unpaired) electrons. The van der Waals surface area contributed by atoms with E-state index in [1.54, 1.807) is 0 Å². The predicted octanol–water partition coefficient (Wildman–Crippen LogP) is 3.82. The van der Waals surface area contributed by atoms with Crippen molar-refractivity contribution in [2.75, 3.05) is 43.4 Å². The fourth-order valence-electron chi connectivity index (χ4n) is 4.72. The summed E-state index contributed by atoms with van der Waals surface area (Å²) in [6.45, 7) is 4.49. The van der Waals surface area contributed by atoms with E-state index in [1.807, 2.05) is 30.3 Å². The second-order valence-electron chi connectivity index (χ2n) is 8.11. The fourth-order valence-corrected chi connectivity index (χ4v) is 4.92. The Morgan fingerprint density at radius 2 is 1.82 bits per heavy atom.